The Hall–Kier alpha value is -4.37. The average Bonchev–Trinajstić information content (AvgIpc) is 3.19. The Morgan fingerprint density at radius 3 is 1.57 bits per heavy atom. The predicted octanol–water partition coefficient (Wildman–Crippen LogP) is 9.04. The summed E-state index contributed by atoms with van der Waals surface area (Å²) in [7, 11) is 0. The minimum atomic E-state index is -0.153. The van der Waals surface area contributed by atoms with Crippen molar-refractivity contribution in [2.75, 3.05) is 45.9 Å². The topological polar surface area (TPSA) is 110 Å². The van der Waals surface area contributed by atoms with Crippen LogP contribution in [-0.2, 0) is 23.7 Å². The molecule has 10 heteroatoms. The highest BCUT2D eigenvalue weighted by Gasteiger charge is 2.46. The first-order valence-electron chi connectivity index (χ1n) is 20.2. The van der Waals surface area contributed by atoms with Crippen LogP contribution >= 0.6 is 23.2 Å². The molecule has 294 valence electrons. The molecule has 4 aromatic carbocycles. The Balaban J connectivity index is 0.000000175. The van der Waals surface area contributed by atoms with Gasteiger partial charge in [0.2, 0.25) is 0 Å². The number of nitrogens with zero attached hydrogens (tertiary/aromatic N) is 2. The van der Waals surface area contributed by atoms with Gasteiger partial charge in [0, 0.05) is 58.2 Å². The number of fused-ring (bicyclic) bond motifs is 2. The second-order valence-corrected chi connectivity index (χ2v) is 16.0. The van der Waals surface area contributed by atoms with Gasteiger partial charge in [0.1, 0.15) is 24.7 Å². The van der Waals surface area contributed by atoms with Gasteiger partial charge in [-0.1, -0.05) is 79.4 Å². The summed E-state index contributed by atoms with van der Waals surface area (Å²) in [5, 5.41) is 7.15. The first-order chi connectivity index (χ1) is 27.3. The second-order valence-electron chi connectivity index (χ2n) is 15.2. The summed E-state index contributed by atoms with van der Waals surface area (Å²) >= 11 is 12.2. The lowest BCUT2D eigenvalue weighted by atomic mass is 9.59. The maximum atomic E-state index is 11.7. The number of benzene rings is 4. The molecular weight excluding hydrogens is 741 g/mol. The molecule has 2 saturated carbocycles. The SMILES string of the molecule is CCCNC(=O)NCCOc1ccc2c(c1)C(C1(c3ccc(Cl)cc3)CCC1)=NCC2.NCCOc1ccc2c(c1)C(C1(c3ccc(Cl)cc3)CCC1)=NCC2. The van der Waals surface area contributed by atoms with Gasteiger partial charge in [0.25, 0.3) is 0 Å². The molecule has 0 unspecified atom stereocenters. The maximum absolute atomic E-state index is 11.7. The highest BCUT2D eigenvalue weighted by molar-refractivity contribution is 6.31. The second kappa shape index (κ2) is 18.3. The van der Waals surface area contributed by atoms with Crippen LogP contribution in [0, 0.1) is 0 Å². The Morgan fingerprint density at radius 1 is 0.679 bits per heavy atom. The van der Waals surface area contributed by atoms with Crippen molar-refractivity contribution in [1.82, 2.24) is 10.6 Å². The zero-order valence-corrected chi connectivity index (χ0v) is 33.9. The Kier molecular flexibility index (Phi) is 13.0. The van der Waals surface area contributed by atoms with Crippen LogP contribution in [0.2, 0.25) is 10.0 Å². The molecule has 0 aromatic heterocycles. The van der Waals surface area contributed by atoms with Crippen LogP contribution in [0.1, 0.15) is 85.3 Å². The van der Waals surface area contributed by atoms with E-state index in [1.54, 1.807) is 0 Å². The zero-order valence-electron chi connectivity index (χ0n) is 32.3. The highest BCUT2D eigenvalue weighted by Crippen LogP contribution is 2.49. The van der Waals surface area contributed by atoms with Crippen LogP contribution in [0.5, 0.6) is 11.5 Å². The third kappa shape index (κ3) is 8.63. The van der Waals surface area contributed by atoms with Crippen molar-refractivity contribution in [1.29, 1.82) is 0 Å². The molecular formula is C46H53Cl2N5O3. The van der Waals surface area contributed by atoms with Crippen LogP contribution in [-0.4, -0.2) is 63.4 Å². The van der Waals surface area contributed by atoms with E-state index in [-0.39, 0.29) is 16.9 Å². The standard InChI is InChI=1S/C25H30ClN3O2.C21H23ClN2O/c1-2-13-28-24(30)29-15-16-31-21-9-4-18-10-14-27-23(22(18)17-21)25(11-3-12-25)19-5-7-20(26)8-6-19;22-17-5-3-16(4-6-17)21(9-1-10-21)20-19-14-18(25-13-11-23)7-2-15(19)8-12-24-20/h4-9,17H,2-3,10-16H2,1H3,(H2,28,29,30);2-7,14H,1,8-13,23H2. The van der Waals surface area contributed by atoms with E-state index in [1.807, 2.05) is 43.3 Å². The molecule has 2 heterocycles. The van der Waals surface area contributed by atoms with E-state index in [2.05, 4.69) is 59.2 Å². The number of carbonyl (C=O) groups is 1. The molecule has 0 bridgehead atoms. The summed E-state index contributed by atoms with van der Waals surface area (Å²) in [6.45, 7) is 6.33. The largest absolute Gasteiger partial charge is 0.492 e. The highest BCUT2D eigenvalue weighted by atomic mass is 35.5. The summed E-state index contributed by atoms with van der Waals surface area (Å²) < 4.78 is 11.7. The number of nitrogens with two attached hydrogens (primary N) is 1. The number of hydrogen-bond acceptors (Lipinski definition) is 6. The lowest BCUT2D eigenvalue weighted by molar-refractivity contribution is 0.236. The molecule has 4 aromatic rings. The summed E-state index contributed by atoms with van der Waals surface area (Å²) in [5.41, 5.74) is 15.7. The van der Waals surface area contributed by atoms with Crippen molar-refractivity contribution in [3.63, 3.8) is 0 Å². The summed E-state index contributed by atoms with van der Waals surface area (Å²) in [6.07, 6.45) is 9.80. The summed E-state index contributed by atoms with van der Waals surface area (Å²) in [5.74, 6) is 1.69. The van der Waals surface area contributed by atoms with Crippen molar-refractivity contribution in [2.24, 2.45) is 15.7 Å². The van der Waals surface area contributed by atoms with Crippen LogP contribution in [0.4, 0.5) is 4.79 Å². The normalized spacial score (nSPS) is 17.2. The van der Waals surface area contributed by atoms with E-state index in [4.69, 9.17) is 48.4 Å². The molecule has 2 amide bonds. The molecule has 0 spiro atoms. The zero-order chi connectivity index (χ0) is 39.0. The Labute approximate surface area is 341 Å². The van der Waals surface area contributed by atoms with Crippen molar-refractivity contribution < 1.29 is 14.3 Å². The molecule has 0 radical (unpaired) electrons. The smallest absolute Gasteiger partial charge is 0.314 e. The van der Waals surface area contributed by atoms with E-state index >= 15 is 0 Å². The first kappa shape index (κ1) is 39.8. The van der Waals surface area contributed by atoms with E-state index in [9.17, 15) is 4.79 Å². The quantitative estimate of drug-likeness (QED) is 0.117. The van der Waals surface area contributed by atoms with Crippen LogP contribution in [0.3, 0.4) is 0 Å². The molecule has 4 aliphatic rings. The molecule has 0 atom stereocenters. The van der Waals surface area contributed by atoms with Crippen molar-refractivity contribution in [3.8, 4) is 11.5 Å². The Bertz CT molecular complexity index is 2040. The monoisotopic (exact) mass is 793 g/mol. The number of urea groups is 1. The van der Waals surface area contributed by atoms with Crippen LogP contribution in [0.25, 0.3) is 0 Å². The van der Waals surface area contributed by atoms with E-state index in [0.29, 0.717) is 32.8 Å². The maximum Gasteiger partial charge on any atom is 0.314 e. The number of aliphatic imine (C=N–C) groups is 2. The number of carbonyl (C=O) groups excluding carboxylic acids is 1. The van der Waals surface area contributed by atoms with Crippen LogP contribution in [0.15, 0.2) is 94.9 Å². The van der Waals surface area contributed by atoms with Crippen molar-refractivity contribution >= 4 is 40.7 Å². The molecule has 2 fully saturated rings. The lowest BCUT2D eigenvalue weighted by Crippen LogP contribution is -2.44. The fraction of sp³-hybridized carbons (Fsp3) is 0.413. The van der Waals surface area contributed by atoms with Gasteiger partial charge in [0.05, 0.1) is 18.0 Å². The molecule has 2 aliphatic heterocycles. The van der Waals surface area contributed by atoms with Gasteiger partial charge >= 0.3 is 6.03 Å². The summed E-state index contributed by atoms with van der Waals surface area (Å²) in [6, 6.07) is 29.1. The fourth-order valence-corrected chi connectivity index (χ4v) is 8.72. The minimum Gasteiger partial charge on any atom is -0.492 e. The Morgan fingerprint density at radius 2 is 1.14 bits per heavy atom. The number of nitrogens with one attached hydrogen (secondary N) is 2. The fourth-order valence-electron chi connectivity index (χ4n) is 8.47. The van der Waals surface area contributed by atoms with E-state index in [0.717, 1.165) is 79.6 Å². The van der Waals surface area contributed by atoms with Crippen LogP contribution < -0.4 is 25.8 Å². The van der Waals surface area contributed by atoms with E-state index < -0.39 is 0 Å². The third-order valence-electron chi connectivity index (χ3n) is 11.7. The van der Waals surface area contributed by atoms with Crippen molar-refractivity contribution in [2.45, 2.75) is 75.5 Å². The van der Waals surface area contributed by atoms with Gasteiger partial charge in [-0.05, 0) is 116 Å². The van der Waals surface area contributed by atoms with Gasteiger partial charge in [-0.15, -0.1) is 0 Å². The van der Waals surface area contributed by atoms with Gasteiger partial charge in [-0.25, -0.2) is 4.79 Å². The van der Waals surface area contributed by atoms with E-state index in [1.165, 1.54) is 57.6 Å². The number of rotatable bonds is 13. The molecule has 2 aliphatic carbocycles. The van der Waals surface area contributed by atoms with Crippen molar-refractivity contribution in [3.05, 3.63) is 128 Å². The molecule has 8 rings (SSSR count). The number of hydrogen-bond donors (Lipinski definition) is 3. The van der Waals surface area contributed by atoms with Gasteiger partial charge in [-0.3, -0.25) is 9.98 Å². The first-order valence-corrected chi connectivity index (χ1v) is 21.0. The predicted molar refractivity (Wildman–Crippen MR) is 229 cm³/mol. The van der Waals surface area contributed by atoms with Gasteiger partial charge in [-0.2, -0.15) is 0 Å². The molecule has 0 saturated heterocycles. The van der Waals surface area contributed by atoms with Gasteiger partial charge < -0.3 is 25.8 Å². The molecule has 4 N–H and O–H groups in total. The average molecular weight is 795 g/mol. The van der Waals surface area contributed by atoms with Gasteiger partial charge in [0.15, 0.2) is 0 Å². The molecule has 8 nitrogen and oxygen atoms in total. The molecule has 56 heavy (non-hydrogen) atoms. The number of ether oxygens (including phenoxy) is 2. The lowest BCUT2D eigenvalue weighted by Gasteiger charge is -2.45. The third-order valence-corrected chi connectivity index (χ3v) is 12.2. The number of amides is 2. The number of halogens is 2. The minimum absolute atomic E-state index is 0.0201. The summed E-state index contributed by atoms with van der Waals surface area (Å²) in [4.78, 5) is 21.7.